The Labute approximate surface area is 173 Å². The van der Waals surface area contributed by atoms with Crippen LogP contribution in [0.25, 0.3) is 0 Å². The van der Waals surface area contributed by atoms with Crippen LogP contribution in [0.1, 0.15) is 79.6 Å². The van der Waals surface area contributed by atoms with Gasteiger partial charge in [-0.3, -0.25) is 9.59 Å². The van der Waals surface area contributed by atoms with E-state index in [9.17, 15) is 18.0 Å². The van der Waals surface area contributed by atoms with Crippen molar-refractivity contribution in [2.75, 3.05) is 23.0 Å². The Hall–Kier alpha value is -0.400. The minimum absolute atomic E-state index is 0.0742. The van der Waals surface area contributed by atoms with Crippen molar-refractivity contribution in [3.05, 3.63) is 0 Å². The largest absolute Gasteiger partial charge is 0.299 e. The lowest BCUT2D eigenvalue weighted by Gasteiger charge is -2.39. The normalized spacial score (nSPS) is 27.3. The van der Waals surface area contributed by atoms with Gasteiger partial charge in [0.15, 0.2) is 0 Å². The van der Waals surface area contributed by atoms with E-state index in [-0.39, 0.29) is 34.4 Å². The number of Topliss-reactive ketones (excluding diaryl/α,β-unsaturated/α-hetero) is 2. The topological polar surface area (TPSA) is 77.5 Å². The summed E-state index contributed by atoms with van der Waals surface area (Å²) in [4.78, 5) is 25.2. The lowest BCUT2D eigenvalue weighted by molar-refractivity contribution is -0.128. The number of carbonyl (C=O) groups is 2. The van der Waals surface area contributed by atoms with Crippen LogP contribution >= 0.6 is 10.3 Å². The number of carbonyl (C=O) groups excluding carboxylic acids is 2. The summed E-state index contributed by atoms with van der Waals surface area (Å²) in [5.41, 5.74) is -1.14. The van der Waals surface area contributed by atoms with E-state index in [0.717, 1.165) is 25.7 Å². The monoisotopic (exact) mass is 434 g/mol. The van der Waals surface area contributed by atoms with Crippen LogP contribution in [0.15, 0.2) is 0 Å². The summed E-state index contributed by atoms with van der Waals surface area (Å²) in [5, 5.41) is 0. The van der Waals surface area contributed by atoms with Crippen molar-refractivity contribution in [1.82, 2.24) is 0 Å². The third kappa shape index (κ3) is 4.51. The van der Waals surface area contributed by atoms with E-state index in [1.165, 1.54) is 0 Å². The molecule has 2 aliphatic rings. The van der Waals surface area contributed by atoms with Crippen molar-refractivity contribution in [2.24, 2.45) is 16.7 Å². The smallest absolute Gasteiger partial charge is 0.277 e. The predicted octanol–water partition coefficient (Wildman–Crippen LogP) is 4.64. The maximum absolute atomic E-state index is 13.1. The third-order valence-corrected chi connectivity index (χ3v) is 13.1. The van der Waals surface area contributed by atoms with E-state index in [1.54, 1.807) is 0 Å². The van der Waals surface area contributed by atoms with Gasteiger partial charge in [-0.15, -0.1) is 10.3 Å². The second-order valence-electron chi connectivity index (χ2n) is 9.12. The standard InChI is InChI=1S/C21H38O5S2/c1-6-9-10-11-18(22)15-27(7-2,8-3)26-28(24,25)16-21-13-12-17(14-19(21)23)20(21,4)5/h17H,6-16H2,1-5H3. The second kappa shape index (κ2) is 8.76. The molecule has 5 nitrogen and oxygen atoms in total. The summed E-state index contributed by atoms with van der Waals surface area (Å²) in [6, 6.07) is 0. The zero-order valence-electron chi connectivity index (χ0n) is 18.2. The lowest BCUT2D eigenvalue weighted by atomic mass is 9.70. The van der Waals surface area contributed by atoms with Gasteiger partial charge in [-0.2, -0.15) is 8.42 Å². The van der Waals surface area contributed by atoms with Crippen molar-refractivity contribution in [1.29, 1.82) is 0 Å². The van der Waals surface area contributed by atoms with E-state index in [0.29, 0.717) is 30.8 Å². The molecule has 7 heteroatoms. The fraction of sp³-hybridized carbons (Fsp3) is 0.905. The Balaban J connectivity index is 2.15. The van der Waals surface area contributed by atoms with Crippen LogP contribution in [0.5, 0.6) is 0 Å². The number of rotatable bonds is 12. The SMILES string of the molecule is CCCCCC(=O)CS(CC)(CC)OS(=O)(=O)CC12CCC(CC1=O)C2(C)C. The van der Waals surface area contributed by atoms with Crippen molar-refractivity contribution in [3.63, 3.8) is 0 Å². The first-order chi connectivity index (χ1) is 13.0. The van der Waals surface area contributed by atoms with Gasteiger partial charge in [-0.25, -0.2) is 3.63 Å². The molecule has 0 saturated heterocycles. The molecule has 2 atom stereocenters. The minimum Gasteiger partial charge on any atom is -0.299 e. The van der Waals surface area contributed by atoms with E-state index in [1.807, 2.05) is 27.7 Å². The Kier molecular flexibility index (Phi) is 7.47. The van der Waals surface area contributed by atoms with Gasteiger partial charge in [0.25, 0.3) is 10.1 Å². The summed E-state index contributed by atoms with van der Waals surface area (Å²) in [6.07, 6.45) is 5.41. The van der Waals surface area contributed by atoms with Gasteiger partial charge in [0.2, 0.25) is 0 Å². The van der Waals surface area contributed by atoms with E-state index >= 15 is 0 Å². The molecule has 2 rings (SSSR count). The molecular formula is C21H38O5S2. The average Bonchev–Trinajstić information content (AvgIpc) is 2.95. The summed E-state index contributed by atoms with van der Waals surface area (Å²) in [7, 11) is -5.93. The summed E-state index contributed by atoms with van der Waals surface area (Å²) in [6.45, 7) is 9.96. The molecule has 0 N–H and O–H groups in total. The summed E-state index contributed by atoms with van der Waals surface area (Å²) >= 11 is 0. The molecule has 2 bridgehead atoms. The van der Waals surface area contributed by atoms with Gasteiger partial charge in [0.05, 0.1) is 16.9 Å². The van der Waals surface area contributed by atoms with Crippen LogP contribution in [0.3, 0.4) is 0 Å². The molecule has 2 fully saturated rings. The molecule has 0 radical (unpaired) electrons. The van der Waals surface area contributed by atoms with Gasteiger partial charge in [0.1, 0.15) is 11.6 Å². The zero-order chi connectivity index (χ0) is 21.2. The summed E-state index contributed by atoms with van der Waals surface area (Å²) < 4.78 is 32.1. The van der Waals surface area contributed by atoms with Crippen LogP contribution in [0, 0.1) is 16.7 Å². The molecule has 0 aromatic heterocycles. The number of hydrogen-bond acceptors (Lipinski definition) is 5. The first-order valence-corrected chi connectivity index (χ1v) is 14.4. The van der Waals surface area contributed by atoms with Crippen molar-refractivity contribution in [2.45, 2.75) is 79.6 Å². The number of hydrogen-bond donors (Lipinski definition) is 0. The van der Waals surface area contributed by atoms with Gasteiger partial charge in [-0.1, -0.05) is 47.5 Å². The number of ketones is 2. The minimum atomic E-state index is -3.90. The molecule has 0 aromatic carbocycles. The van der Waals surface area contributed by atoms with E-state index in [4.69, 9.17) is 3.63 Å². The number of unbranched alkanes of at least 4 members (excludes halogenated alkanes) is 2. The Morgan fingerprint density at radius 1 is 1.14 bits per heavy atom. The van der Waals surface area contributed by atoms with Crippen molar-refractivity contribution in [3.8, 4) is 0 Å². The lowest BCUT2D eigenvalue weighted by Crippen LogP contribution is -2.43. The fourth-order valence-corrected chi connectivity index (χ4v) is 10.9. The molecule has 2 saturated carbocycles. The molecule has 2 unspecified atom stereocenters. The van der Waals surface area contributed by atoms with Gasteiger partial charge in [-0.05, 0) is 42.1 Å². The van der Waals surface area contributed by atoms with Gasteiger partial charge < -0.3 is 0 Å². The fourth-order valence-electron chi connectivity index (χ4n) is 5.12. The highest BCUT2D eigenvalue weighted by atomic mass is 32.3. The molecule has 0 amide bonds. The molecule has 28 heavy (non-hydrogen) atoms. The average molecular weight is 435 g/mol. The van der Waals surface area contributed by atoms with Crippen LogP contribution in [-0.2, 0) is 23.3 Å². The molecule has 0 aromatic rings. The molecule has 0 heterocycles. The predicted molar refractivity (Wildman–Crippen MR) is 116 cm³/mol. The Morgan fingerprint density at radius 2 is 1.79 bits per heavy atom. The quantitative estimate of drug-likeness (QED) is 0.418. The van der Waals surface area contributed by atoms with Crippen LogP contribution in [0.4, 0.5) is 0 Å². The highest BCUT2D eigenvalue weighted by Crippen LogP contribution is 2.65. The van der Waals surface area contributed by atoms with Crippen LogP contribution in [0.2, 0.25) is 0 Å². The second-order valence-corrected chi connectivity index (χ2v) is 14.4. The molecule has 2 aliphatic carbocycles. The summed E-state index contributed by atoms with van der Waals surface area (Å²) in [5.74, 6) is 1.48. The van der Waals surface area contributed by atoms with E-state index in [2.05, 4.69) is 6.92 Å². The Morgan fingerprint density at radius 3 is 2.25 bits per heavy atom. The first-order valence-electron chi connectivity index (χ1n) is 10.7. The van der Waals surface area contributed by atoms with Gasteiger partial charge >= 0.3 is 0 Å². The van der Waals surface area contributed by atoms with Crippen molar-refractivity contribution < 1.29 is 21.6 Å². The Bertz CT molecular complexity index is 694. The maximum atomic E-state index is 13.1. The maximum Gasteiger partial charge on any atom is 0.277 e. The first kappa shape index (κ1) is 23.9. The van der Waals surface area contributed by atoms with Crippen LogP contribution in [-0.4, -0.2) is 43.0 Å². The van der Waals surface area contributed by atoms with Crippen LogP contribution < -0.4 is 0 Å². The van der Waals surface area contributed by atoms with Gasteiger partial charge in [0, 0.05) is 12.8 Å². The molecule has 0 spiro atoms. The van der Waals surface area contributed by atoms with Crippen molar-refractivity contribution >= 4 is 32.0 Å². The third-order valence-electron chi connectivity index (χ3n) is 7.35. The molecular weight excluding hydrogens is 396 g/mol. The van der Waals surface area contributed by atoms with E-state index < -0.39 is 25.8 Å². The highest BCUT2D eigenvalue weighted by molar-refractivity contribution is 8.33. The molecule has 0 aliphatic heterocycles. The zero-order valence-corrected chi connectivity index (χ0v) is 19.8. The highest BCUT2D eigenvalue weighted by Gasteiger charge is 2.65. The molecule has 164 valence electrons. The number of fused-ring (bicyclic) bond motifs is 2.